The zero-order valence-corrected chi connectivity index (χ0v) is 20.2. The highest BCUT2D eigenvalue weighted by Crippen LogP contribution is 2.41. The third kappa shape index (κ3) is 4.80. The molecule has 11 heteroatoms. The number of amides is 1. The summed E-state index contributed by atoms with van der Waals surface area (Å²) in [6.07, 6.45) is 0. The number of H-pyrrole nitrogens is 1. The van der Waals surface area contributed by atoms with E-state index >= 15 is 0 Å². The maximum Gasteiger partial charge on any atom is 0.355 e. The molecule has 35 heavy (non-hydrogen) atoms. The minimum absolute atomic E-state index is 0.139. The number of non-ortho nitro benzene ring substituents is 1. The molecule has 1 atom stereocenters. The number of hydrogen-bond acceptors (Lipinski definition) is 8. The van der Waals surface area contributed by atoms with Crippen LogP contribution in [0.15, 0.2) is 29.8 Å². The highest BCUT2D eigenvalue weighted by molar-refractivity contribution is 6.46. The number of aliphatic hydroxyl groups excluding tert-OH is 1. The number of nitro benzene ring substituents is 1. The first-order valence-electron chi connectivity index (χ1n) is 11.0. The Morgan fingerprint density at radius 1 is 1.23 bits per heavy atom. The van der Waals surface area contributed by atoms with Gasteiger partial charge in [-0.1, -0.05) is 0 Å². The molecule has 1 aromatic heterocycles. The molecular weight excluding hydrogens is 456 g/mol. The highest BCUT2D eigenvalue weighted by Gasteiger charge is 2.46. The number of rotatable bonds is 8. The fraction of sp³-hybridized carbons (Fsp3) is 0.375. The van der Waals surface area contributed by atoms with E-state index in [1.54, 1.807) is 20.8 Å². The van der Waals surface area contributed by atoms with Crippen LogP contribution in [0.2, 0.25) is 0 Å². The summed E-state index contributed by atoms with van der Waals surface area (Å²) in [7, 11) is 3.64. The lowest BCUT2D eigenvalue weighted by atomic mass is 9.94. The number of ketones is 1. The van der Waals surface area contributed by atoms with Gasteiger partial charge in [0.2, 0.25) is 0 Å². The number of likely N-dealkylation sites (N-methyl/N-ethyl adjacent to an activating group) is 1. The molecular formula is C24H28N4O7. The number of likely N-dealkylation sites (tertiary alicyclic amines) is 1. The molecule has 0 unspecified atom stereocenters. The van der Waals surface area contributed by atoms with E-state index in [1.165, 1.54) is 29.2 Å². The number of aromatic amines is 1. The Balaban J connectivity index is 2.20. The number of benzene rings is 1. The van der Waals surface area contributed by atoms with E-state index < -0.39 is 34.4 Å². The lowest BCUT2D eigenvalue weighted by Gasteiger charge is -2.26. The third-order valence-electron chi connectivity index (χ3n) is 5.90. The first-order valence-corrected chi connectivity index (χ1v) is 11.0. The average molecular weight is 485 g/mol. The Morgan fingerprint density at radius 2 is 1.86 bits per heavy atom. The van der Waals surface area contributed by atoms with Crippen LogP contribution in [0, 0.1) is 24.0 Å². The number of Topliss-reactive ketones (excluding diaryl/α,β-unsaturated/α-hetero) is 1. The van der Waals surface area contributed by atoms with Crippen LogP contribution in [0.4, 0.5) is 5.69 Å². The van der Waals surface area contributed by atoms with Crippen molar-refractivity contribution in [1.82, 2.24) is 14.8 Å². The smallest absolute Gasteiger partial charge is 0.355 e. The van der Waals surface area contributed by atoms with Crippen LogP contribution in [0.3, 0.4) is 0 Å². The van der Waals surface area contributed by atoms with Gasteiger partial charge in [-0.25, -0.2) is 4.79 Å². The Bertz CT molecular complexity index is 1210. The summed E-state index contributed by atoms with van der Waals surface area (Å²) < 4.78 is 5.06. The zero-order chi connectivity index (χ0) is 26.0. The van der Waals surface area contributed by atoms with E-state index in [2.05, 4.69) is 4.98 Å². The molecule has 1 aliphatic heterocycles. The Kier molecular flexibility index (Phi) is 7.39. The molecule has 3 rings (SSSR count). The number of nitrogens with one attached hydrogen (secondary N) is 1. The number of esters is 1. The predicted octanol–water partition coefficient (Wildman–Crippen LogP) is 2.70. The number of aliphatic hydroxyl groups is 1. The van der Waals surface area contributed by atoms with Crippen LogP contribution >= 0.6 is 0 Å². The maximum atomic E-state index is 13.2. The van der Waals surface area contributed by atoms with Crippen molar-refractivity contribution in [2.24, 2.45) is 0 Å². The van der Waals surface area contributed by atoms with E-state index in [4.69, 9.17) is 4.74 Å². The average Bonchev–Trinajstić information content (AvgIpc) is 3.24. The molecule has 0 radical (unpaired) electrons. The fourth-order valence-corrected chi connectivity index (χ4v) is 4.19. The van der Waals surface area contributed by atoms with Crippen LogP contribution in [0.5, 0.6) is 0 Å². The molecule has 1 aliphatic rings. The second-order valence-electron chi connectivity index (χ2n) is 8.49. The lowest BCUT2D eigenvalue weighted by Crippen LogP contribution is -2.35. The van der Waals surface area contributed by atoms with Crippen molar-refractivity contribution in [1.29, 1.82) is 0 Å². The fourth-order valence-electron chi connectivity index (χ4n) is 4.19. The Morgan fingerprint density at radius 3 is 2.40 bits per heavy atom. The minimum atomic E-state index is -0.963. The number of aromatic nitrogens is 1. The third-order valence-corrected chi connectivity index (χ3v) is 5.90. The van der Waals surface area contributed by atoms with Gasteiger partial charge in [0.05, 0.1) is 23.1 Å². The van der Waals surface area contributed by atoms with Gasteiger partial charge in [0.25, 0.3) is 17.4 Å². The van der Waals surface area contributed by atoms with E-state index in [-0.39, 0.29) is 35.7 Å². The van der Waals surface area contributed by atoms with Gasteiger partial charge in [-0.2, -0.15) is 0 Å². The van der Waals surface area contributed by atoms with Crippen molar-refractivity contribution >= 4 is 29.1 Å². The second-order valence-corrected chi connectivity index (χ2v) is 8.49. The molecule has 1 aromatic carbocycles. The molecule has 1 amide bonds. The van der Waals surface area contributed by atoms with Crippen LogP contribution in [-0.4, -0.2) is 76.3 Å². The normalized spacial score (nSPS) is 17.3. The quantitative estimate of drug-likeness (QED) is 0.145. The number of ether oxygens (including phenoxy) is 1. The Labute approximate surface area is 202 Å². The summed E-state index contributed by atoms with van der Waals surface area (Å²) in [5, 5.41) is 22.5. The van der Waals surface area contributed by atoms with Crippen LogP contribution < -0.4 is 0 Å². The summed E-state index contributed by atoms with van der Waals surface area (Å²) >= 11 is 0. The number of nitrogens with zero attached hydrogens (tertiary/aromatic N) is 3. The molecule has 2 heterocycles. The van der Waals surface area contributed by atoms with Crippen molar-refractivity contribution in [3.8, 4) is 0 Å². The summed E-state index contributed by atoms with van der Waals surface area (Å²) in [4.78, 5) is 55.2. The summed E-state index contributed by atoms with van der Waals surface area (Å²) in [6.45, 7) is 5.71. The van der Waals surface area contributed by atoms with Crippen molar-refractivity contribution in [2.75, 3.05) is 33.8 Å². The van der Waals surface area contributed by atoms with Crippen LogP contribution in [-0.2, 0) is 14.3 Å². The maximum absolute atomic E-state index is 13.2. The number of hydrogen-bond donors (Lipinski definition) is 2. The van der Waals surface area contributed by atoms with Gasteiger partial charge in [-0.15, -0.1) is 0 Å². The molecule has 1 saturated heterocycles. The topological polar surface area (TPSA) is 146 Å². The number of nitro groups is 1. The molecule has 1 fully saturated rings. The van der Waals surface area contributed by atoms with Crippen molar-refractivity contribution in [2.45, 2.75) is 26.8 Å². The predicted molar refractivity (Wildman–Crippen MR) is 127 cm³/mol. The van der Waals surface area contributed by atoms with Gasteiger partial charge < -0.3 is 24.6 Å². The highest BCUT2D eigenvalue weighted by atomic mass is 16.6. The van der Waals surface area contributed by atoms with E-state index in [0.29, 0.717) is 23.4 Å². The van der Waals surface area contributed by atoms with Gasteiger partial charge in [0.15, 0.2) is 0 Å². The monoisotopic (exact) mass is 484 g/mol. The van der Waals surface area contributed by atoms with Gasteiger partial charge in [-0.05, 0) is 58.1 Å². The summed E-state index contributed by atoms with van der Waals surface area (Å²) in [6, 6.07) is 4.53. The van der Waals surface area contributed by atoms with Gasteiger partial charge in [0.1, 0.15) is 11.5 Å². The number of carbonyl (C=O) groups is 3. The van der Waals surface area contributed by atoms with Crippen LogP contribution in [0.25, 0.3) is 5.76 Å². The number of aryl methyl sites for hydroxylation is 1. The molecule has 186 valence electrons. The molecule has 0 aliphatic carbocycles. The van der Waals surface area contributed by atoms with Crippen LogP contribution in [0.1, 0.15) is 45.8 Å². The van der Waals surface area contributed by atoms with Gasteiger partial charge >= 0.3 is 5.97 Å². The molecule has 2 N–H and O–H groups in total. The minimum Gasteiger partial charge on any atom is -0.507 e. The molecule has 0 bridgehead atoms. The number of carbonyl (C=O) groups excluding carboxylic acids is 3. The molecule has 0 spiro atoms. The largest absolute Gasteiger partial charge is 0.507 e. The first kappa shape index (κ1) is 25.6. The van der Waals surface area contributed by atoms with Crippen molar-refractivity contribution < 1.29 is 29.2 Å². The zero-order valence-electron chi connectivity index (χ0n) is 20.2. The van der Waals surface area contributed by atoms with E-state index in [1.807, 2.05) is 19.0 Å². The summed E-state index contributed by atoms with van der Waals surface area (Å²) in [5.41, 5.74) is 1.31. The molecule has 2 aromatic rings. The molecule has 11 nitrogen and oxygen atoms in total. The lowest BCUT2D eigenvalue weighted by molar-refractivity contribution is -0.384. The van der Waals surface area contributed by atoms with Gasteiger partial charge in [-0.3, -0.25) is 19.7 Å². The van der Waals surface area contributed by atoms with Crippen molar-refractivity contribution in [3.05, 3.63) is 68.0 Å². The first-order chi connectivity index (χ1) is 16.5. The Hall–Kier alpha value is -3.99. The summed E-state index contributed by atoms with van der Waals surface area (Å²) in [5.74, 6) is -2.69. The standard InChI is InChI=1S/C24H28N4O7/c1-6-35-24(32)19-13(2)17(14(3)25-19)21(29)18-20(15-7-9-16(10-8-15)28(33)34)27(12-11-26(4)5)23(31)22(18)30/h7-10,20,25,29H,6,11-12H2,1-5H3/t20-/m1/s1. The van der Waals surface area contributed by atoms with E-state index in [9.17, 15) is 29.6 Å². The molecule has 0 saturated carbocycles. The second kappa shape index (κ2) is 10.1. The van der Waals surface area contributed by atoms with Gasteiger partial charge in [0, 0.05) is 36.5 Å². The van der Waals surface area contributed by atoms with Crippen molar-refractivity contribution in [3.63, 3.8) is 0 Å². The SMILES string of the molecule is CCOC(=O)c1[nH]c(C)c(C(O)=C2C(=O)C(=O)N(CCN(C)C)[C@@H]2c2ccc([N+](=O)[O-])cc2)c1C. The van der Waals surface area contributed by atoms with E-state index in [0.717, 1.165) is 0 Å².